The number of anilines is 4. The fourth-order valence-electron chi connectivity index (χ4n) is 7.06. The average molecular weight is 437 g/mol. The summed E-state index contributed by atoms with van der Waals surface area (Å²) in [4.78, 5) is 0. The summed E-state index contributed by atoms with van der Waals surface area (Å²) in [5.74, 6) is 2.05. The van der Waals surface area contributed by atoms with Crippen LogP contribution in [0.25, 0.3) is 6.08 Å². The Labute approximate surface area is 193 Å². The summed E-state index contributed by atoms with van der Waals surface area (Å²) in [6.07, 6.45) is 7.56. The maximum Gasteiger partial charge on any atom is 0.160 e. The molecule has 1 heterocycles. The molecule has 3 aromatic carbocycles. The van der Waals surface area contributed by atoms with Crippen LogP contribution in [0.1, 0.15) is 36.8 Å². The van der Waals surface area contributed by atoms with E-state index in [2.05, 4.69) is 115 Å². The zero-order valence-electron chi connectivity index (χ0n) is 19.3. The molecule has 4 atom stereocenters. The van der Waals surface area contributed by atoms with Crippen LogP contribution in [-0.4, -0.2) is 8.24 Å². The first-order valence-electron chi connectivity index (χ1n) is 12.1. The maximum atomic E-state index is 3.69. The van der Waals surface area contributed by atoms with Crippen LogP contribution in [0.4, 0.5) is 22.7 Å². The summed E-state index contributed by atoms with van der Waals surface area (Å²) < 4.78 is 2.78. The molecule has 0 bridgehead atoms. The number of benzene rings is 3. The predicted octanol–water partition coefficient (Wildman–Crippen LogP) is 8.31. The van der Waals surface area contributed by atoms with Crippen molar-refractivity contribution in [3.05, 3.63) is 90.0 Å². The van der Waals surface area contributed by atoms with E-state index in [-0.39, 0.29) is 0 Å². The lowest BCUT2D eigenvalue weighted by atomic mass is 9.81. The van der Waals surface area contributed by atoms with E-state index >= 15 is 0 Å². The summed E-state index contributed by atoms with van der Waals surface area (Å²) in [6.45, 7) is 7.65. The number of para-hydroxylation sites is 4. The molecular weight excluding hydrogens is 404 g/mol. The van der Waals surface area contributed by atoms with Gasteiger partial charge in [-0.05, 0) is 65.1 Å². The number of rotatable bonds is 3. The second-order valence-electron chi connectivity index (χ2n) is 10.3. The molecule has 3 heteroatoms. The zero-order valence-corrected chi connectivity index (χ0v) is 20.3. The van der Waals surface area contributed by atoms with E-state index in [0.717, 1.165) is 5.92 Å². The van der Waals surface area contributed by atoms with E-state index in [9.17, 15) is 0 Å². The van der Waals surface area contributed by atoms with Crippen molar-refractivity contribution in [3.8, 4) is 0 Å². The van der Waals surface area contributed by atoms with Gasteiger partial charge in [-0.1, -0.05) is 87.1 Å². The highest BCUT2D eigenvalue weighted by Crippen LogP contribution is 2.61. The Morgan fingerprint density at radius 3 is 2.19 bits per heavy atom. The van der Waals surface area contributed by atoms with Gasteiger partial charge in [-0.3, -0.25) is 0 Å². The molecule has 6 rings (SSSR count). The molecule has 1 fully saturated rings. The van der Waals surface area contributed by atoms with Gasteiger partial charge in [0.05, 0.1) is 22.7 Å². The van der Waals surface area contributed by atoms with Crippen molar-refractivity contribution in [2.75, 3.05) is 9.88 Å². The van der Waals surface area contributed by atoms with E-state index in [1.54, 1.807) is 5.56 Å². The number of allylic oxidation sites excluding steroid dienone is 1. The van der Waals surface area contributed by atoms with Gasteiger partial charge in [0.1, 0.15) is 0 Å². The first-order valence-corrected chi connectivity index (χ1v) is 15.1. The Kier molecular flexibility index (Phi) is 4.58. The van der Waals surface area contributed by atoms with E-state index in [1.807, 2.05) is 0 Å². The molecule has 0 saturated heterocycles. The van der Waals surface area contributed by atoms with Gasteiger partial charge in [0, 0.05) is 0 Å². The molecular formula is C29H32N2Si. The summed E-state index contributed by atoms with van der Waals surface area (Å²) in [6, 6.07) is 26.9. The van der Waals surface area contributed by atoms with Gasteiger partial charge >= 0.3 is 0 Å². The van der Waals surface area contributed by atoms with Crippen LogP contribution in [0.3, 0.4) is 0 Å². The molecule has 0 amide bonds. The van der Waals surface area contributed by atoms with Crippen molar-refractivity contribution in [2.24, 2.45) is 11.8 Å². The third-order valence-electron chi connectivity index (χ3n) is 8.31. The van der Waals surface area contributed by atoms with Gasteiger partial charge in [-0.2, -0.15) is 0 Å². The van der Waals surface area contributed by atoms with E-state index in [0.29, 0.717) is 17.4 Å². The Morgan fingerprint density at radius 2 is 1.50 bits per heavy atom. The molecule has 0 spiro atoms. The first kappa shape index (κ1) is 19.9. The van der Waals surface area contributed by atoms with Gasteiger partial charge in [-0.25, -0.2) is 0 Å². The van der Waals surface area contributed by atoms with E-state index in [4.69, 9.17) is 0 Å². The fraction of sp³-hybridized carbons (Fsp3) is 0.310. The van der Waals surface area contributed by atoms with Gasteiger partial charge in [-0.15, -0.1) is 0 Å². The lowest BCUT2D eigenvalue weighted by Gasteiger charge is -2.49. The highest BCUT2D eigenvalue weighted by molar-refractivity contribution is 6.84. The van der Waals surface area contributed by atoms with Crippen LogP contribution in [0.5, 0.6) is 0 Å². The minimum absolute atomic E-state index is 0.630. The zero-order chi connectivity index (χ0) is 21.9. The molecule has 2 aliphatic carbocycles. The van der Waals surface area contributed by atoms with E-state index < -0.39 is 8.24 Å². The minimum atomic E-state index is -1.94. The van der Waals surface area contributed by atoms with E-state index in [1.165, 1.54) is 41.2 Å². The van der Waals surface area contributed by atoms with Gasteiger partial charge < -0.3 is 9.88 Å². The van der Waals surface area contributed by atoms with Crippen LogP contribution in [-0.2, 0) is 0 Å². The highest BCUT2D eigenvalue weighted by atomic mass is 28.3. The first-order chi connectivity index (χ1) is 15.6. The number of fused-ring (bicyclic) bond motifs is 5. The smallest absolute Gasteiger partial charge is 0.160 e. The van der Waals surface area contributed by atoms with Crippen LogP contribution >= 0.6 is 0 Å². The Hall–Kier alpha value is -2.78. The quantitative estimate of drug-likeness (QED) is 0.415. The van der Waals surface area contributed by atoms with Crippen molar-refractivity contribution >= 4 is 37.1 Å². The molecule has 1 N–H and O–H groups in total. The number of nitrogens with zero attached hydrogens (tertiary/aromatic N) is 1. The van der Waals surface area contributed by atoms with Crippen LogP contribution in [0, 0.1) is 11.8 Å². The monoisotopic (exact) mass is 436 g/mol. The molecule has 0 aromatic heterocycles. The average Bonchev–Trinajstić information content (AvgIpc) is 3.22. The molecule has 1 saturated carbocycles. The number of hydrogen-bond donors (Lipinski definition) is 1. The fourth-order valence-corrected chi connectivity index (χ4v) is 11.8. The predicted molar refractivity (Wildman–Crippen MR) is 140 cm³/mol. The third-order valence-corrected chi connectivity index (χ3v) is 12.4. The number of hydrogen-bond acceptors (Lipinski definition) is 2. The molecule has 2 nitrogen and oxygen atoms in total. The molecule has 1 aliphatic heterocycles. The SMILES string of the molecule is CC[C@@H]1C[C@@H]2c3ccccc3C=C[C@@H]2C1[Si](C)(C)N1c2ccccc2Nc2ccccc21. The van der Waals surface area contributed by atoms with Gasteiger partial charge in [0.2, 0.25) is 0 Å². The summed E-state index contributed by atoms with van der Waals surface area (Å²) in [7, 11) is -1.94. The Balaban J connectivity index is 1.49. The maximum absolute atomic E-state index is 3.69. The topological polar surface area (TPSA) is 15.3 Å². The van der Waals surface area contributed by atoms with Crippen molar-refractivity contribution in [2.45, 2.75) is 44.3 Å². The second kappa shape index (κ2) is 7.38. The van der Waals surface area contributed by atoms with Gasteiger partial charge in [0.15, 0.2) is 8.24 Å². The molecule has 3 aromatic rings. The standard InChI is InChI=1S/C29H32N2Si/c1-4-20-19-24-22-12-6-5-11-21(22)17-18-23(24)29(20)32(2,3)31-27-15-9-7-13-25(27)30-26-14-8-10-16-28(26)31/h5-18,20,23-24,29-30H,4,19H2,1-3H3/t20-,23+,24-,29?/m1/s1. The molecule has 3 aliphatic rings. The highest BCUT2D eigenvalue weighted by Gasteiger charge is 2.54. The van der Waals surface area contributed by atoms with Crippen molar-refractivity contribution in [1.82, 2.24) is 0 Å². The summed E-state index contributed by atoms with van der Waals surface area (Å²) in [5, 5.41) is 3.69. The largest absolute Gasteiger partial charge is 0.366 e. The lowest BCUT2D eigenvalue weighted by molar-refractivity contribution is 0.500. The molecule has 0 radical (unpaired) electrons. The van der Waals surface area contributed by atoms with Crippen molar-refractivity contribution in [1.29, 1.82) is 0 Å². The van der Waals surface area contributed by atoms with Crippen molar-refractivity contribution < 1.29 is 0 Å². The number of nitrogens with one attached hydrogen (secondary N) is 1. The van der Waals surface area contributed by atoms with Crippen LogP contribution < -0.4 is 9.88 Å². The second-order valence-corrected chi connectivity index (χ2v) is 14.7. The summed E-state index contributed by atoms with van der Waals surface area (Å²) in [5.41, 5.74) is 8.88. The van der Waals surface area contributed by atoms with Crippen molar-refractivity contribution in [3.63, 3.8) is 0 Å². The molecule has 1 unspecified atom stereocenters. The lowest BCUT2D eigenvalue weighted by Crippen LogP contribution is -2.53. The Bertz CT molecular complexity index is 1150. The normalized spacial score (nSPS) is 25.4. The minimum Gasteiger partial charge on any atom is -0.366 e. The Morgan fingerprint density at radius 1 is 0.875 bits per heavy atom. The molecule has 32 heavy (non-hydrogen) atoms. The third kappa shape index (κ3) is 2.84. The van der Waals surface area contributed by atoms with Crippen LogP contribution in [0.2, 0.25) is 18.6 Å². The van der Waals surface area contributed by atoms with Crippen LogP contribution in [0.15, 0.2) is 78.9 Å². The van der Waals surface area contributed by atoms with Gasteiger partial charge in [0.25, 0.3) is 0 Å². The summed E-state index contributed by atoms with van der Waals surface area (Å²) >= 11 is 0. The molecule has 162 valence electrons.